The number of nitrogens with two attached hydrogens (primary N) is 1. The lowest BCUT2D eigenvalue weighted by Gasteiger charge is -2.31. The minimum atomic E-state index is 0.552. The average molecular weight is 258 g/mol. The van der Waals surface area contributed by atoms with E-state index in [-0.39, 0.29) is 0 Å². The van der Waals surface area contributed by atoms with Gasteiger partial charge in [0.1, 0.15) is 0 Å². The van der Waals surface area contributed by atoms with Crippen molar-refractivity contribution in [3.63, 3.8) is 0 Å². The third-order valence-electron chi connectivity index (χ3n) is 4.26. The molecule has 0 radical (unpaired) electrons. The normalized spacial score (nSPS) is 23.6. The molecule has 3 rings (SSSR count). The smallest absolute Gasteiger partial charge is 0.201 e. The summed E-state index contributed by atoms with van der Waals surface area (Å²) >= 11 is 0. The molecule has 1 heterocycles. The topological polar surface area (TPSA) is 66.7 Å². The summed E-state index contributed by atoms with van der Waals surface area (Å²) in [6, 6.07) is 6.34. The van der Waals surface area contributed by atoms with Crippen LogP contribution in [0.2, 0.25) is 0 Å². The molecule has 1 aliphatic carbocycles. The highest BCUT2D eigenvalue weighted by atomic mass is 15.1. The van der Waals surface area contributed by atoms with Gasteiger partial charge in [0.05, 0.1) is 11.0 Å². The van der Waals surface area contributed by atoms with Crippen LogP contribution >= 0.6 is 0 Å². The monoisotopic (exact) mass is 258 g/mol. The Hall–Kier alpha value is -1.71. The number of anilines is 2. The fourth-order valence-corrected chi connectivity index (χ4v) is 3.16. The second kappa shape index (κ2) is 5.11. The number of aromatic amines is 1. The number of aromatic nitrogens is 2. The minimum absolute atomic E-state index is 0.552. The molecule has 2 aromatic rings. The van der Waals surface area contributed by atoms with Crippen LogP contribution in [0.5, 0.6) is 0 Å². The molecule has 1 saturated carbocycles. The minimum Gasteiger partial charge on any atom is -0.399 e. The number of benzene rings is 1. The van der Waals surface area contributed by atoms with Crippen molar-refractivity contribution in [1.82, 2.24) is 9.97 Å². The number of H-pyrrole nitrogens is 1. The lowest BCUT2D eigenvalue weighted by Crippen LogP contribution is -2.32. The first-order chi connectivity index (χ1) is 9.26. The van der Waals surface area contributed by atoms with E-state index in [9.17, 15) is 0 Å². The summed E-state index contributed by atoms with van der Waals surface area (Å²) in [5.41, 5.74) is 8.54. The van der Waals surface area contributed by atoms with Crippen LogP contribution in [0.4, 0.5) is 11.6 Å². The first kappa shape index (κ1) is 12.3. The first-order valence-corrected chi connectivity index (χ1v) is 7.28. The van der Waals surface area contributed by atoms with Crippen LogP contribution in [0.1, 0.15) is 39.0 Å². The summed E-state index contributed by atoms with van der Waals surface area (Å²) in [7, 11) is 0. The fourth-order valence-electron chi connectivity index (χ4n) is 3.16. The molecule has 1 fully saturated rings. The highest BCUT2D eigenvalue weighted by molar-refractivity contribution is 5.80. The lowest BCUT2D eigenvalue weighted by atomic mass is 9.83. The van der Waals surface area contributed by atoms with Gasteiger partial charge in [0.25, 0.3) is 0 Å². The summed E-state index contributed by atoms with van der Waals surface area (Å²) in [6.07, 6.45) is 6.51. The van der Waals surface area contributed by atoms with Gasteiger partial charge in [-0.2, -0.15) is 0 Å². The molecule has 102 valence electrons. The molecule has 2 unspecified atom stereocenters. The van der Waals surface area contributed by atoms with Crippen molar-refractivity contribution in [3.8, 4) is 0 Å². The van der Waals surface area contributed by atoms with Crippen molar-refractivity contribution in [2.24, 2.45) is 5.92 Å². The lowest BCUT2D eigenvalue weighted by molar-refractivity contribution is 0.316. The predicted molar refractivity (Wildman–Crippen MR) is 80.2 cm³/mol. The Balaban J connectivity index is 1.80. The molecule has 4 N–H and O–H groups in total. The molecule has 0 spiro atoms. The van der Waals surface area contributed by atoms with Crippen LogP contribution in [0.25, 0.3) is 11.0 Å². The molecule has 4 nitrogen and oxygen atoms in total. The SMILES string of the molecule is CCC1CCCCC1Nc1nc2ccc(N)cc2[nH]1. The van der Waals surface area contributed by atoms with Crippen LogP contribution in [0.15, 0.2) is 18.2 Å². The van der Waals surface area contributed by atoms with Gasteiger partial charge >= 0.3 is 0 Å². The molecule has 2 atom stereocenters. The van der Waals surface area contributed by atoms with Gasteiger partial charge in [-0.25, -0.2) is 4.98 Å². The Bertz CT molecular complexity index is 560. The Kier molecular flexibility index (Phi) is 3.32. The van der Waals surface area contributed by atoms with Gasteiger partial charge in [0, 0.05) is 11.7 Å². The number of nitrogens with one attached hydrogen (secondary N) is 2. The number of imidazole rings is 1. The van der Waals surface area contributed by atoms with Gasteiger partial charge in [-0.05, 0) is 37.0 Å². The van der Waals surface area contributed by atoms with Crippen molar-refractivity contribution in [1.29, 1.82) is 0 Å². The average Bonchev–Trinajstić information content (AvgIpc) is 2.80. The summed E-state index contributed by atoms with van der Waals surface area (Å²) < 4.78 is 0. The van der Waals surface area contributed by atoms with E-state index >= 15 is 0 Å². The highest BCUT2D eigenvalue weighted by Gasteiger charge is 2.24. The highest BCUT2D eigenvalue weighted by Crippen LogP contribution is 2.29. The van der Waals surface area contributed by atoms with Crippen molar-refractivity contribution in [2.75, 3.05) is 11.1 Å². The number of hydrogen-bond acceptors (Lipinski definition) is 3. The zero-order valence-electron chi connectivity index (χ0n) is 11.4. The molecular weight excluding hydrogens is 236 g/mol. The number of hydrogen-bond donors (Lipinski definition) is 3. The van der Waals surface area contributed by atoms with Crippen LogP contribution in [-0.4, -0.2) is 16.0 Å². The summed E-state index contributed by atoms with van der Waals surface area (Å²) in [5.74, 6) is 1.65. The molecule has 1 aromatic carbocycles. The van der Waals surface area contributed by atoms with Gasteiger partial charge in [-0.15, -0.1) is 0 Å². The zero-order valence-corrected chi connectivity index (χ0v) is 11.4. The summed E-state index contributed by atoms with van der Waals surface area (Å²) in [5, 5.41) is 3.58. The van der Waals surface area contributed by atoms with Crippen molar-refractivity contribution >= 4 is 22.7 Å². The maximum absolute atomic E-state index is 5.79. The van der Waals surface area contributed by atoms with Crippen molar-refractivity contribution in [3.05, 3.63) is 18.2 Å². The van der Waals surface area contributed by atoms with Crippen LogP contribution in [0.3, 0.4) is 0 Å². The van der Waals surface area contributed by atoms with E-state index in [0.717, 1.165) is 28.6 Å². The van der Waals surface area contributed by atoms with Crippen molar-refractivity contribution in [2.45, 2.75) is 45.1 Å². The number of rotatable bonds is 3. The van der Waals surface area contributed by atoms with Gasteiger partial charge < -0.3 is 16.0 Å². The van der Waals surface area contributed by atoms with Crippen LogP contribution in [-0.2, 0) is 0 Å². The Morgan fingerprint density at radius 1 is 1.37 bits per heavy atom. The van der Waals surface area contributed by atoms with E-state index in [4.69, 9.17) is 5.73 Å². The summed E-state index contributed by atoms with van der Waals surface area (Å²) in [4.78, 5) is 7.92. The van der Waals surface area contributed by atoms with E-state index in [2.05, 4.69) is 22.2 Å². The molecule has 1 aliphatic rings. The fraction of sp³-hybridized carbons (Fsp3) is 0.533. The third kappa shape index (κ3) is 2.53. The Labute approximate surface area is 113 Å². The number of nitrogens with zero attached hydrogens (tertiary/aromatic N) is 1. The molecular formula is C15H22N4. The molecule has 0 bridgehead atoms. The predicted octanol–water partition coefficient (Wildman–Crippen LogP) is 3.53. The zero-order chi connectivity index (χ0) is 13.2. The molecule has 0 saturated heterocycles. The maximum atomic E-state index is 5.79. The standard InChI is InChI=1S/C15H22N4/c1-2-10-5-3-4-6-12(10)17-15-18-13-8-7-11(16)9-14(13)19-15/h7-10,12H,2-6,16H2,1H3,(H2,17,18,19). The second-order valence-corrected chi connectivity index (χ2v) is 5.57. The second-order valence-electron chi connectivity index (χ2n) is 5.57. The number of nitrogen functional groups attached to an aromatic ring is 1. The third-order valence-corrected chi connectivity index (χ3v) is 4.26. The largest absolute Gasteiger partial charge is 0.399 e. The molecule has 4 heteroatoms. The van der Waals surface area contributed by atoms with E-state index in [1.54, 1.807) is 0 Å². The van der Waals surface area contributed by atoms with Gasteiger partial charge in [0.15, 0.2) is 0 Å². The van der Waals surface area contributed by atoms with E-state index in [1.165, 1.54) is 32.1 Å². The van der Waals surface area contributed by atoms with E-state index in [1.807, 2.05) is 18.2 Å². The van der Waals surface area contributed by atoms with Crippen LogP contribution < -0.4 is 11.1 Å². The molecule has 19 heavy (non-hydrogen) atoms. The Morgan fingerprint density at radius 2 is 2.21 bits per heavy atom. The van der Waals surface area contributed by atoms with Gasteiger partial charge in [-0.3, -0.25) is 0 Å². The quantitative estimate of drug-likeness (QED) is 0.738. The molecule has 0 amide bonds. The number of fused-ring (bicyclic) bond motifs is 1. The first-order valence-electron chi connectivity index (χ1n) is 7.28. The van der Waals surface area contributed by atoms with Gasteiger partial charge in [-0.1, -0.05) is 26.2 Å². The van der Waals surface area contributed by atoms with E-state index < -0.39 is 0 Å². The van der Waals surface area contributed by atoms with Crippen LogP contribution in [0, 0.1) is 5.92 Å². The Morgan fingerprint density at radius 3 is 3.05 bits per heavy atom. The summed E-state index contributed by atoms with van der Waals surface area (Å²) in [6.45, 7) is 2.28. The molecule has 0 aliphatic heterocycles. The van der Waals surface area contributed by atoms with Gasteiger partial charge in [0.2, 0.25) is 5.95 Å². The maximum Gasteiger partial charge on any atom is 0.201 e. The van der Waals surface area contributed by atoms with Crippen molar-refractivity contribution < 1.29 is 0 Å². The molecule has 1 aromatic heterocycles. The van der Waals surface area contributed by atoms with E-state index in [0.29, 0.717) is 6.04 Å².